The monoisotopic (exact) mass is 499 g/mol. The third-order valence-corrected chi connectivity index (χ3v) is 6.64. The lowest BCUT2D eigenvalue weighted by Gasteiger charge is -2.21. The number of likely N-dealkylation sites (N-methyl/N-ethyl adjacent to an activating group) is 2. The predicted octanol–water partition coefficient (Wildman–Crippen LogP) is 0.182. The van der Waals surface area contributed by atoms with Gasteiger partial charge in [0.15, 0.2) is 10.1 Å². The summed E-state index contributed by atoms with van der Waals surface area (Å²) in [5.74, 6) is -2.89. The Bertz CT molecular complexity index is 1040. The summed E-state index contributed by atoms with van der Waals surface area (Å²) in [7, 11) is 5.05. The Morgan fingerprint density at radius 2 is 2.00 bits per heavy atom. The largest absolute Gasteiger partial charge is 0.347 e. The number of aromatic nitrogens is 2. The summed E-state index contributed by atoms with van der Waals surface area (Å²) < 4.78 is 0.357. The van der Waals surface area contributed by atoms with Crippen molar-refractivity contribution in [3.05, 3.63) is 26.1 Å². The van der Waals surface area contributed by atoms with Crippen molar-refractivity contribution in [3.63, 3.8) is 0 Å². The van der Waals surface area contributed by atoms with Gasteiger partial charge < -0.3 is 20.4 Å². The number of thiazole rings is 2. The minimum atomic E-state index is -1.08. The molecule has 3 rings (SSSR count). The Morgan fingerprint density at radius 3 is 2.66 bits per heavy atom. The van der Waals surface area contributed by atoms with Crippen LogP contribution in [0.25, 0.3) is 0 Å². The molecule has 32 heavy (non-hydrogen) atoms. The fourth-order valence-corrected chi connectivity index (χ4v) is 4.79. The molecule has 0 saturated heterocycles. The SMILES string of the molecule is CN1CCc2nc(C(=O)NC(CNC(=O)C(=O)Nc3ncc(Cl)s3)C(=O)N(C)C)sc2C1. The second kappa shape index (κ2) is 10.3. The number of hydrogen-bond acceptors (Lipinski definition) is 9. The number of hydrogen-bond donors (Lipinski definition) is 3. The van der Waals surface area contributed by atoms with Gasteiger partial charge in [-0.15, -0.1) is 11.3 Å². The zero-order valence-electron chi connectivity index (χ0n) is 17.6. The molecule has 2 aromatic heterocycles. The first-order chi connectivity index (χ1) is 15.1. The van der Waals surface area contributed by atoms with Crippen molar-refractivity contribution in [2.45, 2.75) is 19.0 Å². The third-order valence-electron chi connectivity index (χ3n) is 4.53. The van der Waals surface area contributed by atoms with Gasteiger partial charge in [-0.2, -0.15) is 0 Å². The average Bonchev–Trinajstić information content (AvgIpc) is 3.35. The highest BCUT2D eigenvalue weighted by Gasteiger charge is 2.28. The fraction of sp³-hybridized carbons (Fsp3) is 0.444. The van der Waals surface area contributed by atoms with Crippen LogP contribution in [0.15, 0.2) is 6.20 Å². The number of carbonyl (C=O) groups excluding carboxylic acids is 4. The first kappa shape index (κ1) is 24.0. The van der Waals surface area contributed by atoms with E-state index in [2.05, 4.69) is 30.8 Å². The molecule has 0 aliphatic carbocycles. The van der Waals surface area contributed by atoms with Gasteiger partial charge in [-0.25, -0.2) is 9.97 Å². The topological polar surface area (TPSA) is 137 Å². The number of anilines is 1. The van der Waals surface area contributed by atoms with Crippen molar-refractivity contribution >= 4 is 63.0 Å². The summed E-state index contributed by atoms with van der Waals surface area (Å²) in [5, 5.41) is 7.71. The number of amides is 4. The molecular weight excluding hydrogens is 478 g/mol. The molecule has 1 atom stereocenters. The molecule has 0 radical (unpaired) electrons. The molecule has 0 aromatic carbocycles. The summed E-state index contributed by atoms with van der Waals surface area (Å²) >= 11 is 8.03. The average molecular weight is 500 g/mol. The highest BCUT2D eigenvalue weighted by atomic mass is 35.5. The van der Waals surface area contributed by atoms with Crippen molar-refractivity contribution in [1.29, 1.82) is 0 Å². The van der Waals surface area contributed by atoms with Gasteiger partial charge in [0.1, 0.15) is 10.4 Å². The van der Waals surface area contributed by atoms with Crippen molar-refractivity contribution in [2.75, 3.05) is 39.5 Å². The van der Waals surface area contributed by atoms with E-state index in [9.17, 15) is 19.2 Å². The lowest BCUT2D eigenvalue weighted by molar-refractivity contribution is -0.136. The molecule has 3 N–H and O–H groups in total. The van der Waals surface area contributed by atoms with Crippen LogP contribution in [0.2, 0.25) is 4.34 Å². The summed E-state index contributed by atoms with van der Waals surface area (Å²) in [4.78, 5) is 62.1. The molecule has 14 heteroatoms. The molecule has 0 bridgehead atoms. The van der Waals surface area contributed by atoms with E-state index in [0.29, 0.717) is 4.34 Å². The Morgan fingerprint density at radius 1 is 1.25 bits per heavy atom. The molecule has 172 valence electrons. The maximum absolute atomic E-state index is 12.7. The van der Waals surface area contributed by atoms with Gasteiger partial charge in [0, 0.05) is 45.0 Å². The second-order valence-corrected chi connectivity index (χ2v) is 10.0. The Kier molecular flexibility index (Phi) is 7.77. The van der Waals surface area contributed by atoms with Gasteiger partial charge >= 0.3 is 11.8 Å². The van der Waals surface area contributed by atoms with Crippen LogP contribution < -0.4 is 16.0 Å². The van der Waals surface area contributed by atoms with Crippen molar-refractivity contribution in [2.24, 2.45) is 0 Å². The molecule has 1 unspecified atom stereocenters. The number of carbonyl (C=O) groups is 4. The van der Waals surface area contributed by atoms with Crippen LogP contribution in [0.1, 0.15) is 20.4 Å². The van der Waals surface area contributed by atoms with E-state index in [1.165, 1.54) is 36.5 Å². The van der Waals surface area contributed by atoms with E-state index in [1.807, 2.05) is 7.05 Å². The van der Waals surface area contributed by atoms with E-state index in [0.717, 1.165) is 41.4 Å². The minimum Gasteiger partial charge on any atom is -0.347 e. The summed E-state index contributed by atoms with van der Waals surface area (Å²) in [6.07, 6.45) is 2.10. The Balaban J connectivity index is 1.62. The van der Waals surface area contributed by atoms with Crippen LogP contribution in [0.5, 0.6) is 0 Å². The summed E-state index contributed by atoms with van der Waals surface area (Å²) in [5.41, 5.74) is 0.890. The van der Waals surface area contributed by atoms with E-state index < -0.39 is 29.7 Å². The number of nitrogens with zero attached hydrogens (tertiary/aromatic N) is 4. The van der Waals surface area contributed by atoms with Crippen molar-refractivity contribution in [3.8, 4) is 0 Å². The summed E-state index contributed by atoms with van der Waals surface area (Å²) in [6.45, 7) is 1.30. The molecule has 3 heterocycles. The second-order valence-electron chi connectivity index (χ2n) is 7.27. The maximum Gasteiger partial charge on any atom is 0.315 e. The number of halogens is 1. The maximum atomic E-state index is 12.7. The highest BCUT2D eigenvalue weighted by molar-refractivity contribution is 7.19. The fourth-order valence-electron chi connectivity index (χ4n) is 2.89. The Labute approximate surface area is 197 Å². The molecule has 4 amide bonds. The van der Waals surface area contributed by atoms with Gasteiger partial charge in [0.25, 0.3) is 5.91 Å². The lowest BCUT2D eigenvalue weighted by Crippen LogP contribution is -2.53. The van der Waals surface area contributed by atoms with E-state index in [4.69, 9.17) is 11.6 Å². The van der Waals surface area contributed by atoms with E-state index >= 15 is 0 Å². The van der Waals surface area contributed by atoms with Gasteiger partial charge in [-0.1, -0.05) is 22.9 Å². The van der Waals surface area contributed by atoms with Crippen LogP contribution >= 0.6 is 34.3 Å². The number of fused-ring (bicyclic) bond motifs is 1. The summed E-state index contributed by atoms with van der Waals surface area (Å²) in [6, 6.07) is -1.08. The van der Waals surface area contributed by atoms with Crippen molar-refractivity contribution in [1.82, 2.24) is 30.4 Å². The van der Waals surface area contributed by atoms with Gasteiger partial charge in [0.2, 0.25) is 5.91 Å². The number of rotatable bonds is 6. The van der Waals surface area contributed by atoms with E-state index in [-0.39, 0.29) is 16.7 Å². The minimum absolute atomic E-state index is 0.169. The highest BCUT2D eigenvalue weighted by Crippen LogP contribution is 2.24. The quantitative estimate of drug-likeness (QED) is 0.482. The van der Waals surface area contributed by atoms with Gasteiger partial charge in [-0.3, -0.25) is 24.5 Å². The van der Waals surface area contributed by atoms with Gasteiger partial charge in [-0.05, 0) is 7.05 Å². The van der Waals surface area contributed by atoms with Crippen LogP contribution in [-0.2, 0) is 27.3 Å². The molecule has 11 nitrogen and oxygen atoms in total. The van der Waals surface area contributed by atoms with Crippen LogP contribution in [0.4, 0.5) is 5.13 Å². The molecule has 2 aromatic rings. The van der Waals surface area contributed by atoms with Crippen LogP contribution in [-0.4, -0.2) is 83.7 Å². The molecule has 1 aliphatic heterocycles. The molecular formula is C18H22ClN7O4S2. The predicted molar refractivity (Wildman–Crippen MR) is 121 cm³/mol. The first-order valence-corrected chi connectivity index (χ1v) is 11.5. The van der Waals surface area contributed by atoms with Crippen LogP contribution in [0, 0.1) is 0 Å². The van der Waals surface area contributed by atoms with Gasteiger partial charge in [0.05, 0.1) is 11.9 Å². The standard InChI is InChI=1S/C18H22ClN7O4S2/c1-25(2)17(30)10(6-20-13(27)14(28)24-18-21-7-12(19)32-18)22-15(29)16-23-9-4-5-26(3)8-11(9)31-16/h7,10H,4-6,8H2,1-3H3,(H,20,27)(H,22,29)(H,21,24,28). The first-order valence-electron chi connectivity index (χ1n) is 9.53. The van der Waals surface area contributed by atoms with Crippen LogP contribution in [0.3, 0.4) is 0 Å². The third kappa shape index (κ3) is 6.00. The lowest BCUT2D eigenvalue weighted by atomic mass is 10.2. The Hall–Kier alpha value is -2.61. The normalized spacial score (nSPS) is 14.2. The molecule has 0 saturated carbocycles. The zero-order chi connectivity index (χ0) is 23.4. The van der Waals surface area contributed by atoms with E-state index in [1.54, 1.807) is 0 Å². The molecule has 1 aliphatic rings. The zero-order valence-corrected chi connectivity index (χ0v) is 20.0. The smallest absolute Gasteiger partial charge is 0.315 e. The molecule has 0 spiro atoms. The number of nitrogens with one attached hydrogen (secondary N) is 3. The molecule has 0 fully saturated rings. The van der Waals surface area contributed by atoms with Crippen molar-refractivity contribution < 1.29 is 19.2 Å².